The summed E-state index contributed by atoms with van der Waals surface area (Å²) in [5.74, 6) is -0.526. The largest absolute Gasteiger partial charge is 0.461 e. The van der Waals surface area contributed by atoms with E-state index in [1.165, 1.54) is 0 Å². The monoisotopic (exact) mass is 309 g/mol. The minimum Gasteiger partial charge on any atom is -0.461 e. The SMILES string of the molecule is CC(C)(C)OC(=O)NCC(O)CC(=O)OCc1ccccc1. The van der Waals surface area contributed by atoms with Crippen LogP contribution in [0.25, 0.3) is 0 Å². The van der Waals surface area contributed by atoms with Crippen molar-refractivity contribution in [2.24, 2.45) is 0 Å². The molecule has 0 bridgehead atoms. The fourth-order valence-electron chi connectivity index (χ4n) is 1.58. The van der Waals surface area contributed by atoms with E-state index in [0.29, 0.717) is 0 Å². The molecule has 0 fully saturated rings. The Labute approximate surface area is 130 Å². The highest BCUT2D eigenvalue weighted by molar-refractivity contribution is 5.70. The van der Waals surface area contributed by atoms with Gasteiger partial charge in [0.15, 0.2) is 0 Å². The Morgan fingerprint density at radius 2 is 1.86 bits per heavy atom. The molecule has 0 aliphatic rings. The molecule has 0 radical (unpaired) electrons. The van der Waals surface area contributed by atoms with Crippen LogP contribution in [-0.2, 0) is 20.9 Å². The van der Waals surface area contributed by atoms with Crippen LogP contribution >= 0.6 is 0 Å². The summed E-state index contributed by atoms with van der Waals surface area (Å²) in [6.07, 6.45) is -1.84. The molecule has 6 nitrogen and oxygen atoms in total. The van der Waals surface area contributed by atoms with Crippen molar-refractivity contribution in [2.75, 3.05) is 6.54 Å². The molecule has 1 unspecified atom stereocenters. The molecule has 1 aromatic rings. The van der Waals surface area contributed by atoms with Crippen molar-refractivity contribution >= 4 is 12.1 Å². The predicted octanol–water partition coefficient (Wildman–Crippen LogP) is 2.01. The number of esters is 1. The number of hydrogen-bond acceptors (Lipinski definition) is 5. The van der Waals surface area contributed by atoms with Gasteiger partial charge in [-0.3, -0.25) is 4.79 Å². The first-order valence-electron chi connectivity index (χ1n) is 7.11. The third-order valence-electron chi connectivity index (χ3n) is 2.53. The molecule has 6 heteroatoms. The molecule has 0 aromatic heterocycles. The Morgan fingerprint density at radius 3 is 2.45 bits per heavy atom. The average Bonchev–Trinajstić information content (AvgIpc) is 2.42. The summed E-state index contributed by atoms with van der Waals surface area (Å²) in [6.45, 7) is 5.30. The normalized spacial score (nSPS) is 12.4. The number of carbonyl (C=O) groups is 2. The van der Waals surface area contributed by atoms with Crippen molar-refractivity contribution in [3.63, 3.8) is 0 Å². The number of benzene rings is 1. The van der Waals surface area contributed by atoms with Gasteiger partial charge in [0.05, 0.1) is 12.5 Å². The van der Waals surface area contributed by atoms with E-state index in [9.17, 15) is 14.7 Å². The van der Waals surface area contributed by atoms with Gasteiger partial charge in [0.25, 0.3) is 0 Å². The van der Waals surface area contributed by atoms with Gasteiger partial charge < -0.3 is 19.9 Å². The quantitative estimate of drug-likeness (QED) is 0.785. The molecule has 1 rings (SSSR count). The van der Waals surface area contributed by atoms with Crippen LogP contribution in [0.1, 0.15) is 32.8 Å². The third kappa shape index (κ3) is 8.26. The standard InChI is InChI=1S/C16H23NO5/c1-16(2,3)22-15(20)17-10-13(18)9-14(19)21-11-12-7-5-4-6-8-12/h4-8,13,18H,9-11H2,1-3H3,(H,17,20). The molecule has 0 saturated heterocycles. The molecule has 1 amide bonds. The molecular formula is C16H23NO5. The zero-order chi connectivity index (χ0) is 16.6. The van der Waals surface area contributed by atoms with Crippen LogP contribution < -0.4 is 5.32 Å². The lowest BCUT2D eigenvalue weighted by atomic mass is 10.2. The number of aliphatic hydroxyl groups is 1. The average molecular weight is 309 g/mol. The van der Waals surface area contributed by atoms with Crippen LogP contribution in [0.4, 0.5) is 4.79 Å². The Hall–Kier alpha value is -2.08. The molecule has 1 aromatic carbocycles. The first kappa shape index (κ1) is 18.0. The van der Waals surface area contributed by atoms with E-state index in [0.717, 1.165) is 5.56 Å². The minimum atomic E-state index is -1.02. The molecule has 22 heavy (non-hydrogen) atoms. The molecule has 0 aliphatic carbocycles. The maximum absolute atomic E-state index is 11.6. The lowest BCUT2D eigenvalue weighted by molar-refractivity contribution is -0.147. The van der Waals surface area contributed by atoms with Gasteiger partial charge in [-0.15, -0.1) is 0 Å². The van der Waals surface area contributed by atoms with Crippen molar-refractivity contribution in [3.05, 3.63) is 35.9 Å². The maximum atomic E-state index is 11.6. The maximum Gasteiger partial charge on any atom is 0.407 e. The van der Waals surface area contributed by atoms with Gasteiger partial charge in [0, 0.05) is 6.54 Å². The zero-order valence-electron chi connectivity index (χ0n) is 13.2. The number of hydrogen-bond donors (Lipinski definition) is 2. The van der Waals surface area contributed by atoms with E-state index in [4.69, 9.17) is 9.47 Å². The van der Waals surface area contributed by atoms with Gasteiger partial charge in [0.1, 0.15) is 12.2 Å². The number of aliphatic hydroxyl groups excluding tert-OH is 1. The fourth-order valence-corrected chi connectivity index (χ4v) is 1.58. The summed E-state index contributed by atoms with van der Waals surface area (Å²) >= 11 is 0. The summed E-state index contributed by atoms with van der Waals surface area (Å²) in [5, 5.41) is 12.1. The van der Waals surface area contributed by atoms with E-state index in [1.54, 1.807) is 20.8 Å². The second-order valence-corrected chi connectivity index (χ2v) is 5.89. The van der Waals surface area contributed by atoms with E-state index >= 15 is 0 Å². The lowest BCUT2D eigenvalue weighted by Crippen LogP contribution is -2.37. The van der Waals surface area contributed by atoms with E-state index in [2.05, 4.69) is 5.32 Å². The molecule has 122 valence electrons. The number of rotatable bonds is 6. The summed E-state index contributed by atoms with van der Waals surface area (Å²) < 4.78 is 10.1. The highest BCUT2D eigenvalue weighted by Gasteiger charge is 2.18. The molecule has 1 atom stereocenters. The first-order valence-corrected chi connectivity index (χ1v) is 7.11. The molecule has 0 saturated carbocycles. The topological polar surface area (TPSA) is 84.9 Å². The highest BCUT2D eigenvalue weighted by Crippen LogP contribution is 2.07. The molecule has 2 N–H and O–H groups in total. The number of amides is 1. The van der Waals surface area contributed by atoms with Crippen LogP contribution in [0, 0.1) is 0 Å². The molecular weight excluding hydrogens is 286 g/mol. The van der Waals surface area contributed by atoms with Crippen molar-refractivity contribution in [1.82, 2.24) is 5.32 Å². The Bertz CT molecular complexity index is 481. The number of alkyl carbamates (subject to hydrolysis) is 1. The van der Waals surface area contributed by atoms with Gasteiger partial charge in [-0.25, -0.2) is 4.79 Å². The van der Waals surface area contributed by atoms with Crippen LogP contribution in [0.5, 0.6) is 0 Å². The fraction of sp³-hybridized carbons (Fsp3) is 0.500. The smallest absolute Gasteiger partial charge is 0.407 e. The zero-order valence-corrected chi connectivity index (χ0v) is 13.2. The van der Waals surface area contributed by atoms with E-state index in [-0.39, 0.29) is 19.6 Å². The van der Waals surface area contributed by atoms with Gasteiger partial charge in [0.2, 0.25) is 0 Å². The molecule has 0 aliphatic heterocycles. The van der Waals surface area contributed by atoms with Gasteiger partial charge in [-0.1, -0.05) is 30.3 Å². The Kier molecular flexibility index (Phi) is 6.85. The molecule has 0 spiro atoms. The van der Waals surface area contributed by atoms with Crippen LogP contribution in [0.3, 0.4) is 0 Å². The van der Waals surface area contributed by atoms with Gasteiger partial charge in [-0.2, -0.15) is 0 Å². The molecule has 0 heterocycles. The van der Waals surface area contributed by atoms with Crippen molar-refractivity contribution < 1.29 is 24.2 Å². The van der Waals surface area contributed by atoms with E-state index < -0.39 is 23.8 Å². The van der Waals surface area contributed by atoms with Crippen molar-refractivity contribution in [1.29, 1.82) is 0 Å². The summed E-state index contributed by atoms with van der Waals surface area (Å²) in [7, 11) is 0. The summed E-state index contributed by atoms with van der Waals surface area (Å²) in [5.41, 5.74) is 0.265. The van der Waals surface area contributed by atoms with Crippen LogP contribution in [-0.4, -0.2) is 35.4 Å². The van der Waals surface area contributed by atoms with Crippen molar-refractivity contribution in [3.8, 4) is 0 Å². The lowest BCUT2D eigenvalue weighted by Gasteiger charge is -2.20. The summed E-state index contributed by atoms with van der Waals surface area (Å²) in [6, 6.07) is 9.25. The van der Waals surface area contributed by atoms with Crippen LogP contribution in [0.15, 0.2) is 30.3 Å². The second kappa shape index (κ2) is 8.38. The number of ether oxygens (including phenoxy) is 2. The van der Waals surface area contributed by atoms with Crippen molar-refractivity contribution in [2.45, 2.75) is 45.5 Å². The third-order valence-corrected chi connectivity index (χ3v) is 2.53. The predicted molar refractivity (Wildman–Crippen MR) is 81.1 cm³/mol. The van der Waals surface area contributed by atoms with Crippen LogP contribution in [0.2, 0.25) is 0 Å². The van der Waals surface area contributed by atoms with E-state index in [1.807, 2.05) is 30.3 Å². The minimum absolute atomic E-state index is 0.0741. The van der Waals surface area contributed by atoms with Gasteiger partial charge in [-0.05, 0) is 26.3 Å². The first-order chi connectivity index (χ1) is 10.3. The Balaban J connectivity index is 2.22. The Morgan fingerprint density at radius 1 is 1.23 bits per heavy atom. The number of carbonyl (C=O) groups excluding carboxylic acids is 2. The highest BCUT2D eigenvalue weighted by atomic mass is 16.6. The second-order valence-electron chi connectivity index (χ2n) is 5.89. The number of nitrogens with one attached hydrogen (secondary N) is 1. The van der Waals surface area contributed by atoms with Gasteiger partial charge >= 0.3 is 12.1 Å². The summed E-state index contributed by atoms with van der Waals surface area (Å²) in [4.78, 5) is 23.0.